The standard InChI is InChI=1S/C20H29N3O3.HI/c1-4-25-19-13-16(2)8-9-17(19)14-23-20(21-3)22-10-6-11-24-15-18-7-5-12-26-18;/h5,7-9,12-13H,4,6,10-11,14-15H2,1-3H3,(H2,21,22,23);1H. The number of guanidine groups is 1. The van der Waals surface area contributed by atoms with Crippen molar-refractivity contribution in [2.45, 2.75) is 33.4 Å². The molecule has 1 aromatic carbocycles. The quantitative estimate of drug-likeness (QED) is 0.231. The molecule has 0 unspecified atom stereocenters. The van der Waals surface area contributed by atoms with Gasteiger partial charge in [-0.3, -0.25) is 4.99 Å². The molecule has 0 radical (unpaired) electrons. The zero-order valence-corrected chi connectivity index (χ0v) is 18.6. The Morgan fingerprint density at radius 3 is 2.78 bits per heavy atom. The van der Waals surface area contributed by atoms with Crippen molar-refractivity contribution in [3.05, 3.63) is 53.5 Å². The first kappa shape index (κ1) is 23.3. The largest absolute Gasteiger partial charge is 0.494 e. The molecule has 0 bridgehead atoms. The number of hydrogen-bond acceptors (Lipinski definition) is 4. The lowest BCUT2D eigenvalue weighted by molar-refractivity contribution is 0.105. The molecule has 0 spiro atoms. The van der Waals surface area contributed by atoms with E-state index in [4.69, 9.17) is 13.9 Å². The molecule has 2 N–H and O–H groups in total. The average molecular weight is 487 g/mol. The van der Waals surface area contributed by atoms with Gasteiger partial charge in [-0.15, -0.1) is 24.0 Å². The molecule has 150 valence electrons. The zero-order chi connectivity index (χ0) is 18.6. The van der Waals surface area contributed by atoms with E-state index in [-0.39, 0.29) is 24.0 Å². The summed E-state index contributed by atoms with van der Waals surface area (Å²) in [6.45, 7) is 7.32. The van der Waals surface area contributed by atoms with Gasteiger partial charge in [0.05, 0.1) is 12.9 Å². The van der Waals surface area contributed by atoms with Crippen molar-refractivity contribution in [2.24, 2.45) is 4.99 Å². The molecule has 0 aliphatic rings. The minimum Gasteiger partial charge on any atom is -0.494 e. The van der Waals surface area contributed by atoms with Gasteiger partial charge in [0.15, 0.2) is 5.96 Å². The van der Waals surface area contributed by atoms with E-state index < -0.39 is 0 Å². The molecular weight excluding hydrogens is 457 g/mol. The van der Waals surface area contributed by atoms with Crippen molar-refractivity contribution in [1.29, 1.82) is 0 Å². The second-order valence-electron chi connectivity index (χ2n) is 5.88. The molecule has 27 heavy (non-hydrogen) atoms. The highest BCUT2D eigenvalue weighted by Crippen LogP contribution is 2.20. The lowest BCUT2D eigenvalue weighted by atomic mass is 10.1. The maximum absolute atomic E-state index is 5.72. The van der Waals surface area contributed by atoms with Crippen LogP contribution in [-0.2, 0) is 17.9 Å². The number of hydrogen-bond donors (Lipinski definition) is 2. The highest BCUT2D eigenvalue weighted by atomic mass is 127. The Kier molecular flexibility index (Phi) is 11.6. The van der Waals surface area contributed by atoms with E-state index in [1.54, 1.807) is 13.3 Å². The van der Waals surface area contributed by atoms with Crippen molar-refractivity contribution < 1.29 is 13.9 Å². The minimum atomic E-state index is 0. The third-order valence-corrected chi connectivity index (χ3v) is 3.77. The molecule has 0 amide bonds. The summed E-state index contributed by atoms with van der Waals surface area (Å²) in [5.41, 5.74) is 2.30. The lowest BCUT2D eigenvalue weighted by Crippen LogP contribution is -2.37. The molecule has 0 saturated carbocycles. The van der Waals surface area contributed by atoms with Crippen molar-refractivity contribution >= 4 is 29.9 Å². The molecule has 6 nitrogen and oxygen atoms in total. The van der Waals surface area contributed by atoms with Gasteiger partial charge < -0.3 is 24.5 Å². The monoisotopic (exact) mass is 487 g/mol. The van der Waals surface area contributed by atoms with Crippen LogP contribution in [0.1, 0.15) is 30.2 Å². The molecule has 0 aliphatic heterocycles. The summed E-state index contributed by atoms with van der Waals surface area (Å²) < 4.78 is 16.5. The smallest absolute Gasteiger partial charge is 0.191 e. The lowest BCUT2D eigenvalue weighted by Gasteiger charge is -2.15. The van der Waals surface area contributed by atoms with E-state index >= 15 is 0 Å². The Balaban J connectivity index is 0.00000364. The van der Waals surface area contributed by atoms with Gasteiger partial charge in [-0.2, -0.15) is 0 Å². The van der Waals surface area contributed by atoms with Crippen LogP contribution < -0.4 is 15.4 Å². The van der Waals surface area contributed by atoms with Gasteiger partial charge in [0, 0.05) is 32.3 Å². The zero-order valence-electron chi connectivity index (χ0n) is 16.3. The molecule has 0 atom stereocenters. The van der Waals surface area contributed by atoms with Crippen LogP contribution in [0.15, 0.2) is 46.0 Å². The van der Waals surface area contributed by atoms with Crippen LogP contribution in [0, 0.1) is 6.92 Å². The second kappa shape index (κ2) is 13.4. The molecule has 0 fully saturated rings. The number of ether oxygens (including phenoxy) is 2. The average Bonchev–Trinajstić information content (AvgIpc) is 3.15. The van der Waals surface area contributed by atoms with E-state index in [1.165, 1.54) is 5.56 Å². The van der Waals surface area contributed by atoms with Crippen molar-refractivity contribution in [1.82, 2.24) is 10.6 Å². The third kappa shape index (κ3) is 8.66. The summed E-state index contributed by atoms with van der Waals surface area (Å²) in [7, 11) is 1.77. The summed E-state index contributed by atoms with van der Waals surface area (Å²) in [6, 6.07) is 10.0. The first-order valence-corrected chi connectivity index (χ1v) is 9.00. The van der Waals surface area contributed by atoms with Gasteiger partial charge in [0.25, 0.3) is 0 Å². The number of furan rings is 1. The predicted octanol–water partition coefficient (Wildman–Crippen LogP) is 3.88. The normalized spacial score (nSPS) is 11.0. The Labute approximate surface area is 178 Å². The van der Waals surface area contributed by atoms with Gasteiger partial charge in [0.1, 0.15) is 18.1 Å². The number of nitrogens with one attached hydrogen (secondary N) is 2. The number of benzene rings is 1. The molecule has 2 aromatic rings. The molecule has 1 aromatic heterocycles. The van der Waals surface area contributed by atoms with Crippen LogP contribution in [0.4, 0.5) is 0 Å². The van der Waals surface area contributed by atoms with Gasteiger partial charge in [-0.05, 0) is 44.0 Å². The second-order valence-corrected chi connectivity index (χ2v) is 5.88. The number of halogens is 1. The number of aliphatic imine (C=N–C) groups is 1. The van der Waals surface area contributed by atoms with Crippen LogP contribution in [0.25, 0.3) is 0 Å². The first-order valence-electron chi connectivity index (χ1n) is 9.00. The maximum atomic E-state index is 5.72. The van der Waals surface area contributed by atoms with Crippen molar-refractivity contribution in [3.63, 3.8) is 0 Å². The molecule has 1 heterocycles. The maximum Gasteiger partial charge on any atom is 0.191 e. The highest BCUT2D eigenvalue weighted by molar-refractivity contribution is 14.0. The molecule has 0 saturated heterocycles. The van der Waals surface area contributed by atoms with Gasteiger partial charge in [-0.1, -0.05) is 12.1 Å². The van der Waals surface area contributed by atoms with E-state index in [0.717, 1.165) is 36.0 Å². The topological polar surface area (TPSA) is 68.0 Å². The Hall–Kier alpha value is -1.74. The SMILES string of the molecule is CCOc1cc(C)ccc1CNC(=NC)NCCCOCc1ccco1.I. The Morgan fingerprint density at radius 2 is 2.07 bits per heavy atom. The van der Waals surface area contributed by atoms with Crippen molar-refractivity contribution in [2.75, 3.05) is 26.8 Å². The van der Waals surface area contributed by atoms with E-state index in [9.17, 15) is 0 Å². The van der Waals surface area contributed by atoms with Crippen LogP contribution in [0.5, 0.6) is 5.75 Å². The fourth-order valence-corrected chi connectivity index (χ4v) is 2.45. The molecule has 7 heteroatoms. The Morgan fingerprint density at radius 1 is 1.22 bits per heavy atom. The summed E-state index contributed by atoms with van der Waals surface area (Å²) >= 11 is 0. The molecule has 0 aliphatic carbocycles. The van der Waals surface area contributed by atoms with Crippen LogP contribution >= 0.6 is 24.0 Å². The van der Waals surface area contributed by atoms with E-state index in [1.807, 2.05) is 19.1 Å². The fraction of sp³-hybridized carbons (Fsp3) is 0.450. The summed E-state index contributed by atoms with van der Waals surface area (Å²) in [5, 5.41) is 6.61. The van der Waals surface area contributed by atoms with Gasteiger partial charge in [-0.25, -0.2) is 0 Å². The predicted molar refractivity (Wildman–Crippen MR) is 119 cm³/mol. The third-order valence-electron chi connectivity index (χ3n) is 3.77. The van der Waals surface area contributed by atoms with E-state index in [0.29, 0.717) is 26.4 Å². The van der Waals surface area contributed by atoms with Gasteiger partial charge >= 0.3 is 0 Å². The van der Waals surface area contributed by atoms with Gasteiger partial charge in [0.2, 0.25) is 0 Å². The molecule has 2 rings (SSSR count). The summed E-state index contributed by atoms with van der Waals surface area (Å²) in [6.07, 6.45) is 2.54. The summed E-state index contributed by atoms with van der Waals surface area (Å²) in [4.78, 5) is 4.25. The van der Waals surface area contributed by atoms with Crippen LogP contribution in [-0.4, -0.2) is 32.8 Å². The number of aryl methyl sites for hydroxylation is 1. The summed E-state index contributed by atoms with van der Waals surface area (Å²) in [5.74, 6) is 2.53. The van der Waals surface area contributed by atoms with Crippen LogP contribution in [0.2, 0.25) is 0 Å². The highest BCUT2D eigenvalue weighted by Gasteiger charge is 2.05. The van der Waals surface area contributed by atoms with E-state index in [2.05, 4.69) is 40.7 Å². The Bertz CT molecular complexity index is 675. The number of nitrogens with zero attached hydrogens (tertiary/aromatic N) is 1. The minimum absolute atomic E-state index is 0. The first-order chi connectivity index (χ1) is 12.7. The van der Waals surface area contributed by atoms with Crippen LogP contribution in [0.3, 0.4) is 0 Å². The fourth-order valence-electron chi connectivity index (χ4n) is 2.45. The number of rotatable bonds is 10. The molecular formula is C20H30IN3O3. The van der Waals surface area contributed by atoms with Crippen molar-refractivity contribution in [3.8, 4) is 5.75 Å².